The topological polar surface area (TPSA) is 59.8 Å². The van der Waals surface area contributed by atoms with Crippen LogP contribution in [0.3, 0.4) is 0 Å². The first-order valence-corrected chi connectivity index (χ1v) is 9.88. The van der Waals surface area contributed by atoms with E-state index in [4.69, 9.17) is 0 Å². The van der Waals surface area contributed by atoms with Crippen LogP contribution in [0.1, 0.15) is 27.0 Å². The van der Waals surface area contributed by atoms with Crippen molar-refractivity contribution in [1.82, 2.24) is 20.1 Å². The number of alkyl halides is 6. The van der Waals surface area contributed by atoms with Gasteiger partial charge in [-0.25, -0.2) is 4.98 Å². The van der Waals surface area contributed by atoms with E-state index in [0.717, 1.165) is 24.3 Å². The van der Waals surface area contributed by atoms with Crippen LogP contribution in [0, 0.1) is 0 Å². The first-order valence-electron chi connectivity index (χ1n) is 9.88. The number of aryl methyl sites for hydroxylation is 1. The van der Waals surface area contributed by atoms with Crippen LogP contribution in [0.4, 0.5) is 26.3 Å². The van der Waals surface area contributed by atoms with Gasteiger partial charge in [0.2, 0.25) is 0 Å². The molecule has 0 fully saturated rings. The molecule has 0 unspecified atom stereocenters. The molecular formula is C23H16F6N4O. The van der Waals surface area contributed by atoms with E-state index in [1.165, 1.54) is 41.2 Å². The largest absolute Gasteiger partial charge is 0.416 e. The molecule has 34 heavy (non-hydrogen) atoms. The summed E-state index contributed by atoms with van der Waals surface area (Å²) in [6, 6.07) is 10.4. The Kier molecular flexibility index (Phi) is 5.80. The van der Waals surface area contributed by atoms with Gasteiger partial charge in [0.1, 0.15) is 0 Å². The van der Waals surface area contributed by atoms with Gasteiger partial charge in [0.05, 0.1) is 34.0 Å². The number of nitrogens with zero attached hydrogens (tertiary/aromatic N) is 3. The van der Waals surface area contributed by atoms with Crippen molar-refractivity contribution >= 4 is 16.9 Å². The van der Waals surface area contributed by atoms with Crippen molar-refractivity contribution < 1.29 is 31.1 Å². The van der Waals surface area contributed by atoms with Crippen LogP contribution >= 0.6 is 0 Å². The maximum absolute atomic E-state index is 13.2. The van der Waals surface area contributed by atoms with Crippen LogP contribution in [0.2, 0.25) is 0 Å². The van der Waals surface area contributed by atoms with Crippen molar-refractivity contribution in [2.45, 2.75) is 18.9 Å². The molecule has 4 rings (SSSR count). The van der Waals surface area contributed by atoms with Crippen molar-refractivity contribution in [3.05, 3.63) is 83.0 Å². The number of amides is 1. The number of hydrogen-bond acceptors (Lipinski definition) is 3. The average Bonchev–Trinajstić information content (AvgIpc) is 3.17. The third-order valence-corrected chi connectivity index (χ3v) is 5.14. The van der Waals surface area contributed by atoms with Gasteiger partial charge < -0.3 is 5.32 Å². The highest BCUT2D eigenvalue weighted by atomic mass is 19.4. The number of fused-ring (bicyclic) bond motifs is 1. The number of hydrogen-bond donors (Lipinski definition) is 1. The molecule has 0 saturated carbocycles. The highest BCUT2D eigenvalue weighted by Crippen LogP contribution is 2.33. The number of halogens is 6. The number of carbonyl (C=O) groups is 1. The smallest absolute Gasteiger partial charge is 0.348 e. The van der Waals surface area contributed by atoms with E-state index in [2.05, 4.69) is 15.4 Å². The third kappa shape index (κ3) is 4.73. The molecule has 0 saturated heterocycles. The van der Waals surface area contributed by atoms with Crippen molar-refractivity contribution in [2.75, 3.05) is 0 Å². The minimum absolute atomic E-state index is 0.0810. The lowest BCUT2D eigenvalue weighted by Gasteiger charge is -2.12. The lowest BCUT2D eigenvalue weighted by molar-refractivity contribution is -0.138. The zero-order valence-corrected chi connectivity index (χ0v) is 17.5. The summed E-state index contributed by atoms with van der Waals surface area (Å²) in [4.78, 5) is 17.3. The molecule has 1 N–H and O–H groups in total. The molecular weight excluding hydrogens is 462 g/mol. The predicted octanol–water partition coefficient (Wildman–Crippen LogP) is 5.60. The number of nitrogens with one attached hydrogen (secondary N) is 1. The summed E-state index contributed by atoms with van der Waals surface area (Å²) < 4.78 is 79.7. The van der Waals surface area contributed by atoms with E-state index in [1.54, 1.807) is 7.05 Å². The molecule has 2 aromatic heterocycles. The minimum atomic E-state index is -4.56. The Bertz CT molecular complexity index is 1370. The van der Waals surface area contributed by atoms with Gasteiger partial charge in [-0.2, -0.15) is 31.4 Å². The van der Waals surface area contributed by atoms with Gasteiger partial charge in [0, 0.05) is 19.2 Å². The lowest BCUT2D eigenvalue weighted by Crippen LogP contribution is -2.23. The van der Waals surface area contributed by atoms with Crippen LogP contribution in [0.15, 0.2) is 60.8 Å². The zero-order valence-electron chi connectivity index (χ0n) is 17.5. The maximum Gasteiger partial charge on any atom is 0.416 e. The number of aromatic nitrogens is 3. The van der Waals surface area contributed by atoms with Crippen LogP contribution in [0.25, 0.3) is 22.3 Å². The zero-order chi connectivity index (χ0) is 24.7. The SMILES string of the molecule is Cn1ncc2c(C(=O)NCc3cccc(C(F)(F)F)c3)cc(-c3cccc(C(F)(F)F)c3)nc21. The first kappa shape index (κ1) is 23.3. The second-order valence-electron chi connectivity index (χ2n) is 7.52. The summed E-state index contributed by atoms with van der Waals surface area (Å²) in [6.45, 7) is -0.189. The van der Waals surface area contributed by atoms with Gasteiger partial charge in [-0.15, -0.1) is 0 Å². The van der Waals surface area contributed by atoms with Gasteiger partial charge in [0.15, 0.2) is 5.65 Å². The molecule has 176 valence electrons. The fraction of sp³-hybridized carbons (Fsp3) is 0.174. The van der Waals surface area contributed by atoms with Crippen LogP contribution in [-0.4, -0.2) is 20.7 Å². The van der Waals surface area contributed by atoms with Crippen LogP contribution in [0.5, 0.6) is 0 Å². The minimum Gasteiger partial charge on any atom is -0.348 e. The first-order chi connectivity index (χ1) is 15.9. The third-order valence-electron chi connectivity index (χ3n) is 5.14. The van der Waals surface area contributed by atoms with E-state index in [0.29, 0.717) is 5.39 Å². The second-order valence-corrected chi connectivity index (χ2v) is 7.52. The Morgan fingerprint density at radius 1 is 0.941 bits per heavy atom. The molecule has 0 aliphatic rings. The summed E-state index contributed by atoms with van der Waals surface area (Å²) in [5.74, 6) is -0.633. The summed E-state index contributed by atoms with van der Waals surface area (Å²) >= 11 is 0. The fourth-order valence-electron chi connectivity index (χ4n) is 3.44. The molecule has 0 bridgehead atoms. The van der Waals surface area contributed by atoms with E-state index >= 15 is 0 Å². The predicted molar refractivity (Wildman–Crippen MR) is 112 cm³/mol. The van der Waals surface area contributed by atoms with Crippen molar-refractivity contribution in [2.24, 2.45) is 7.05 Å². The average molecular weight is 478 g/mol. The normalized spacial score (nSPS) is 12.2. The van der Waals surface area contributed by atoms with E-state index in [9.17, 15) is 31.1 Å². The molecule has 0 atom stereocenters. The highest BCUT2D eigenvalue weighted by Gasteiger charge is 2.31. The maximum atomic E-state index is 13.2. The lowest BCUT2D eigenvalue weighted by atomic mass is 10.0. The van der Waals surface area contributed by atoms with Crippen LogP contribution in [-0.2, 0) is 25.9 Å². The summed E-state index contributed by atoms with van der Waals surface area (Å²) in [5.41, 5.74) is -0.872. The van der Waals surface area contributed by atoms with Gasteiger partial charge >= 0.3 is 12.4 Å². The molecule has 0 aliphatic carbocycles. The molecule has 0 spiro atoms. The highest BCUT2D eigenvalue weighted by molar-refractivity contribution is 6.06. The summed E-state index contributed by atoms with van der Waals surface area (Å²) in [6.07, 6.45) is -7.69. The number of benzene rings is 2. The standard InChI is InChI=1S/C23H16F6N4O/c1-33-20-18(12-31-33)17(10-19(32-20)14-5-3-7-16(9-14)23(27,28)29)21(34)30-11-13-4-2-6-15(8-13)22(24,25)26/h2-10,12H,11H2,1H3,(H,30,34). The Labute approximate surface area is 189 Å². The Balaban J connectivity index is 1.68. The summed E-state index contributed by atoms with van der Waals surface area (Å²) in [7, 11) is 1.57. The molecule has 11 heteroatoms. The van der Waals surface area contributed by atoms with E-state index in [1.807, 2.05) is 0 Å². The Morgan fingerprint density at radius 3 is 2.26 bits per heavy atom. The molecule has 0 aliphatic heterocycles. The second kappa shape index (κ2) is 8.47. The van der Waals surface area contributed by atoms with Crippen molar-refractivity contribution in [3.63, 3.8) is 0 Å². The number of carbonyl (C=O) groups excluding carboxylic acids is 1. The molecule has 5 nitrogen and oxygen atoms in total. The van der Waals surface area contributed by atoms with Gasteiger partial charge in [-0.3, -0.25) is 9.48 Å². The molecule has 4 aromatic rings. The Morgan fingerprint density at radius 2 is 1.59 bits per heavy atom. The van der Waals surface area contributed by atoms with Crippen molar-refractivity contribution in [1.29, 1.82) is 0 Å². The van der Waals surface area contributed by atoms with Gasteiger partial charge in [-0.05, 0) is 35.9 Å². The van der Waals surface area contributed by atoms with Gasteiger partial charge in [0.25, 0.3) is 5.91 Å². The number of rotatable bonds is 4. The van der Waals surface area contributed by atoms with Gasteiger partial charge in [-0.1, -0.05) is 24.3 Å². The summed E-state index contributed by atoms with van der Waals surface area (Å²) in [5, 5.41) is 6.96. The fourth-order valence-corrected chi connectivity index (χ4v) is 3.44. The van der Waals surface area contributed by atoms with E-state index < -0.39 is 29.4 Å². The Hall–Kier alpha value is -3.89. The molecule has 2 aromatic carbocycles. The number of pyridine rings is 1. The molecule has 1 amide bonds. The monoisotopic (exact) mass is 478 g/mol. The molecule has 2 heterocycles. The van der Waals surface area contributed by atoms with Crippen molar-refractivity contribution in [3.8, 4) is 11.3 Å². The van der Waals surface area contributed by atoms with E-state index in [-0.39, 0.29) is 34.6 Å². The van der Waals surface area contributed by atoms with Crippen LogP contribution < -0.4 is 5.32 Å². The molecule has 0 radical (unpaired) electrons. The quantitative estimate of drug-likeness (QED) is 0.389.